The zero-order valence-electron chi connectivity index (χ0n) is 20.5. The fourth-order valence-corrected chi connectivity index (χ4v) is 4.52. The maximum absolute atomic E-state index is 13.2. The van der Waals surface area contributed by atoms with Gasteiger partial charge < -0.3 is 29.0 Å². The van der Waals surface area contributed by atoms with Crippen LogP contribution in [0.2, 0.25) is 0 Å². The molecule has 1 atom stereocenters. The van der Waals surface area contributed by atoms with E-state index < -0.39 is 17.7 Å². The number of nitrogens with zero attached hydrogens (tertiary/aromatic N) is 1. The van der Waals surface area contributed by atoms with Gasteiger partial charge in [-0.25, -0.2) is 0 Å². The summed E-state index contributed by atoms with van der Waals surface area (Å²) in [5.74, 6) is 0.178. The lowest BCUT2D eigenvalue weighted by Crippen LogP contribution is -2.31. The number of benzene rings is 2. The quantitative estimate of drug-likeness (QED) is 0.251. The van der Waals surface area contributed by atoms with Gasteiger partial charge in [0, 0.05) is 25.1 Å². The molecule has 2 aromatic carbocycles. The second-order valence-electron chi connectivity index (χ2n) is 8.80. The van der Waals surface area contributed by atoms with Crippen LogP contribution in [0.4, 0.5) is 0 Å². The van der Waals surface area contributed by atoms with E-state index in [1.807, 2.05) is 19.9 Å². The Bertz CT molecular complexity index is 1150. The lowest BCUT2D eigenvalue weighted by atomic mass is 9.94. The highest BCUT2D eigenvalue weighted by Gasteiger charge is 2.46. The summed E-state index contributed by atoms with van der Waals surface area (Å²) in [5.41, 5.74) is 2.11. The summed E-state index contributed by atoms with van der Waals surface area (Å²) in [5, 5.41) is 11.3. The first-order valence-corrected chi connectivity index (χ1v) is 11.7. The average molecular weight is 482 g/mol. The molecule has 0 spiro atoms. The minimum atomic E-state index is -0.779. The SMILES string of the molecule is COc1ccc(C2/C(=C(\O)c3ccc4c(c3)CCO4)C(=O)C(=O)N2CCCOC(C)C)cc1OC. The van der Waals surface area contributed by atoms with Gasteiger partial charge >= 0.3 is 0 Å². The number of Topliss-reactive ketones (excluding diaryl/α,β-unsaturated/α-hetero) is 1. The van der Waals surface area contributed by atoms with Gasteiger partial charge in [-0.05, 0) is 61.7 Å². The number of ketones is 1. The van der Waals surface area contributed by atoms with Crippen LogP contribution >= 0.6 is 0 Å². The summed E-state index contributed by atoms with van der Waals surface area (Å²) in [4.78, 5) is 27.9. The Morgan fingerprint density at radius 3 is 2.60 bits per heavy atom. The first-order valence-electron chi connectivity index (χ1n) is 11.7. The van der Waals surface area contributed by atoms with Crippen molar-refractivity contribution in [3.63, 3.8) is 0 Å². The van der Waals surface area contributed by atoms with Crippen molar-refractivity contribution in [2.75, 3.05) is 34.0 Å². The molecule has 1 unspecified atom stereocenters. The summed E-state index contributed by atoms with van der Waals surface area (Å²) in [6.07, 6.45) is 1.33. The molecule has 1 N–H and O–H groups in total. The summed E-state index contributed by atoms with van der Waals surface area (Å²) in [7, 11) is 3.06. The molecule has 0 aromatic heterocycles. The van der Waals surface area contributed by atoms with Crippen LogP contribution in [0.15, 0.2) is 42.0 Å². The van der Waals surface area contributed by atoms with Crippen LogP contribution in [-0.2, 0) is 20.7 Å². The monoisotopic (exact) mass is 481 g/mol. The number of methoxy groups -OCH3 is 2. The van der Waals surface area contributed by atoms with E-state index in [9.17, 15) is 14.7 Å². The number of hydrogen-bond acceptors (Lipinski definition) is 7. The number of carbonyl (C=O) groups is 2. The third kappa shape index (κ3) is 4.84. The van der Waals surface area contributed by atoms with Gasteiger partial charge in [0.05, 0.1) is 38.5 Å². The molecule has 2 aliphatic heterocycles. The van der Waals surface area contributed by atoms with E-state index in [1.54, 1.807) is 30.3 Å². The van der Waals surface area contributed by atoms with Gasteiger partial charge in [0.2, 0.25) is 0 Å². The Balaban J connectivity index is 1.78. The van der Waals surface area contributed by atoms with Crippen molar-refractivity contribution >= 4 is 17.4 Å². The van der Waals surface area contributed by atoms with E-state index in [2.05, 4.69) is 0 Å². The molecule has 1 fully saturated rings. The van der Waals surface area contributed by atoms with Crippen LogP contribution in [0.25, 0.3) is 5.76 Å². The molecule has 2 aliphatic rings. The molecule has 2 heterocycles. The van der Waals surface area contributed by atoms with Gasteiger partial charge in [-0.15, -0.1) is 0 Å². The number of likely N-dealkylation sites (tertiary alicyclic amines) is 1. The zero-order chi connectivity index (χ0) is 25.1. The second kappa shape index (κ2) is 10.4. The van der Waals surface area contributed by atoms with Crippen molar-refractivity contribution in [1.82, 2.24) is 4.90 Å². The van der Waals surface area contributed by atoms with Crippen LogP contribution in [0.1, 0.15) is 43.0 Å². The Morgan fingerprint density at radius 2 is 1.89 bits per heavy atom. The number of aliphatic hydroxyl groups excluding tert-OH is 1. The van der Waals surface area contributed by atoms with Crippen LogP contribution < -0.4 is 14.2 Å². The van der Waals surface area contributed by atoms with E-state index in [-0.39, 0.29) is 17.4 Å². The summed E-state index contributed by atoms with van der Waals surface area (Å²) in [6, 6.07) is 9.75. The van der Waals surface area contributed by atoms with E-state index in [4.69, 9.17) is 18.9 Å². The van der Waals surface area contributed by atoms with Crippen molar-refractivity contribution in [2.24, 2.45) is 0 Å². The number of hydrogen-bond donors (Lipinski definition) is 1. The molecule has 0 saturated carbocycles. The molecule has 1 saturated heterocycles. The first kappa shape index (κ1) is 24.6. The van der Waals surface area contributed by atoms with E-state index in [0.717, 1.165) is 17.7 Å². The lowest BCUT2D eigenvalue weighted by Gasteiger charge is -2.26. The van der Waals surface area contributed by atoms with Gasteiger partial charge in [-0.3, -0.25) is 9.59 Å². The minimum Gasteiger partial charge on any atom is -0.507 e. The predicted molar refractivity (Wildman–Crippen MR) is 130 cm³/mol. The molecule has 1 amide bonds. The van der Waals surface area contributed by atoms with Crippen molar-refractivity contribution in [1.29, 1.82) is 0 Å². The third-order valence-corrected chi connectivity index (χ3v) is 6.22. The Morgan fingerprint density at radius 1 is 1.11 bits per heavy atom. The molecule has 0 bridgehead atoms. The highest BCUT2D eigenvalue weighted by molar-refractivity contribution is 6.46. The van der Waals surface area contributed by atoms with Crippen molar-refractivity contribution in [3.8, 4) is 17.2 Å². The molecule has 2 aromatic rings. The molecule has 186 valence electrons. The average Bonchev–Trinajstić information content (AvgIpc) is 3.43. The molecule has 0 aliphatic carbocycles. The zero-order valence-corrected chi connectivity index (χ0v) is 20.5. The van der Waals surface area contributed by atoms with E-state index in [1.165, 1.54) is 19.1 Å². The van der Waals surface area contributed by atoms with Gasteiger partial charge in [-0.2, -0.15) is 0 Å². The Kier molecular flexibility index (Phi) is 7.31. The van der Waals surface area contributed by atoms with Gasteiger partial charge in [0.15, 0.2) is 11.5 Å². The normalized spacial score (nSPS) is 18.7. The standard InChI is InChI=1S/C27H31NO7/c1-16(2)34-12-5-11-28-24(18-6-9-21(32-3)22(15-18)33-4)23(26(30)27(28)31)25(29)19-7-8-20-17(14-19)10-13-35-20/h6-9,14-16,24,29H,5,10-13H2,1-4H3/b25-23+. The topological polar surface area (TPSA) is 94.5 Å². The fourth-order valence-electron chi connectivity index (χ4n) is 4.52. The Hall–Kier alpha value is -3.52. The van der Waals surface area contributed by atoms with Crippen LogP contribution in [0.5, 0.6) is 17.2 Å². The summed E-state index contributed by atoms with van der Waals surface area (Å²) < 4.78 is 22.0. The fraction of sp³-hybridized carbons (Fsp3) is 0.407. The number of amides is 1. The minimum absolute atomic E-state index is 0.0471. The number of aliphatic hydroxyl groups is 1. The number of carbonyl (C=O) groups excluding carboxylic acids is 2. The number of fused-ring (bicyclic) bond motifs is 1. The molecular weight excluding hydrogens is 450 g/mol. The molecule has 8 heteroatoms. The first-order chi connectivity index (χ1) is 16.8. The van der Waals surface area contributed by atoms with Crippen molar-refractivity contribution in [2.45, 2.75) is 38.8 Å². The van der Waals surface area contributed by atoms with Gasteiger partial charge in [0.25, 0.3) is 11.7 Å². The van der Waals surface area contributed by atoms with Crippen molar-refractivity contribution in [3.05, 3.63) is 58.7 Å². The molecule has 4 rings (SSSR count). The predicted octanol–water partition coefficient (Wildman–Crippen LogP) is 3.88. The van der Waals surface area contributed by atoms with Crippen LogP contribution in [-0.4, -0.2) is 61.8 Å². The van der Waals surface area contributed by atoms with Crippen LogP contribution in [0.3, 0.4) is 0 Å². The highest BCUT2D eigenvalue weighted by atomic mass is 16.5. The summed E-state index contributed by atoms with van der Waals surface area (Å²) in [6.45, 7) is 5.21. The molecule has 35 heavy (non-hydrogen) atoms. The van der Waals surface area contributed by atoms with E-state index >= 15 is 0 Å². The number of ether oxygens (including phenoxy) is 4. The molecule has 8 nitrogen and oxygen atoms in total. The van der Waals surface area contributed by atoms with Crippen LogP contribution in [0, 0.1) is 0 Å². The maximum Gasteiger partial charge on any atom is 0.295 e. The molecular formula is C27H31NO7. The van der Waals surface area contributed by atoms with Gasteiger partial charge in [-0.1, -0.05) is 6.07 Å². The highest BCUT2D eigenvalue weighted by Crippen LogP contribution is 2.42. The van der Waals surface area contributed by atoms with Gasteiger partial charge in [0.1, 0.15) is 11.5 Å². The second-order valence-corrected chi connectivity index (χ2v) is 8.80. The Labute approximate surface area is 205 Å². The molecule has 0 radical (unpaired) electrons. The lowest BCUT2D eigenvalue weighted by molar-refractivity contribution is -0.140. The maximum atomic E-state index is 13.2. The van der Waals surface area contributed by atoms with Crippen molar-refractivity contribution < 1.29 is 33.6 Å². The smallest absolute Gasteiger partial charge is 0.295 e. The largest absolute Gasteiger partial charge is 0.507 e. The summed E-state index contributed by atoms with van der Waals surface area (Å²) >= 11 is 0. The number of rotatable bonds is 9. The third-order valence-electron chi connectivity index (χ3n) is 6.22. The van der Waals surface area contributed by atoms with E-state index in [0.29, 0.717) is 48.8 Å².